The van der Waals surface area contributed by atoms with Gasteiger partial charge in [0.25, 0.3) is 0 Å². The molecule has 1 aromatic heterocycles. The van der Waals surface area contributed by atoms with Crippen LogP contribution < -0.4 is 0 Å². The third-order valence-electron chi connectivity index (χ3n) is 4.32. The quantitative estimate of drug-likeness (QED) is 0.661. The second-order valence-corrected chi connectivity index (χ2v) is 6.87. The summed E-state index contributed by atoms with van der Waals surface area (Å²) in [6, 6.07) is 10.8. The molecule has 0 bridgehead atoms. The van der Waals surface area contributed by atoms with Gasteiger partial charge in [-0.05, 0) is 53.5 Å². The standard InChI is InChI=1S/C19H18S/c1-13-10-11-18-17(12-13)16-9-5-8-15(19(16)20-18)14-6-3-2-4-7-14/h2-4,6-8,10-11,13H,5,9,12H2,1H3. The first-order valence-electron chi connectivity index (χ1n) is 7.41. The maximum Gasteiger partial charge on any atom is 0.0386 e. The van der Waals surface area contributed by atoms with Crippen molar-refractivity contribution >= 4 is 23.0 Å². The molecule has 0 saturated carbocycles. The Labute approximate surface area is 124 Å². The van der Waals surface area contributed by atoms with Crippen molar-refractivity contribution in [1.29, 1.82) is 0 Å². The zero-order chi connectivity index (χ0) is 13.5. The third kappa shape index (κ3) is 1.89. The number of thiophene rings is 1. The smallest absolute Gasteiger partial charge is 0.0386 e. The van der Waals surface area contributed by atoms with E-state index >= 15 is 0 Å². The second-order valence-electron chi connectivity index (χ2n) is 5.82. The fourth-order valence-electron chi connectivity index (χ4n) is 3.32. The van der Waals surface area contributed by atoms with Gasteiger partial charge in [-0.15, -0.1) is 11.3 Å². The highest BCUT2D eigenvalue weighted by Gasteiger charge is 2.24. The first-order valence-corrected chi connectivity index (χ1v) is 8.23. The summed E-state index contributed by atoms with van der Waals surface area (Å²) < 4.78 is 0. The van der Waals surface area contributed by atoms with Crippen molar-refractivity contribution in [2.24, 2.45) is 5.92 Å². The molecule has 0 N–H and O–H groups in total. The van der Waals surface area contributed by atoms with Gasteiger partial charge in [0, 0.05) is 9.75 Å². The lowest BCUT2D eigenvalue weighted by Gasteiger charge is -2.17. The SMILES string of the molecule is CC1C=Cc2sc3c(c2C1)CCC=C3c1ccccc1. The average molecular weight is 278 g/mol. The van der Waals surface area contributed by atoms with Crippen molar-refractivity contribution in [1.82, 2.24) is 0 Å². The van der Waals surface area contributed by atoms with Gasteiger partial charge < -0.3 is 0 Å². The minimum Gasteiger partial charge on any atom is -0.135 e. The van der Waals surface area contributed by atoms with Gasteiger partial charge in [-0.2, -0.15) is 0 Å². The van der Waals surface area contributed by atoms with Gasteiger partial charge >= 0.3 is 0 Å². The second kappa shape index (κ2) is 4.75. The summed E-state index contributed by atoms with van der Waals surface area (Å²) >= 11 is 1.99. The number of fused-ring (bicyclic) bond motifs is 3. The fraction of sp³-hybridized carbons (Fsp3) is 0.263. The molecule has 2 aliphatic rings. The van der Waals surface area contributed by atoms with E-state index in [1.807, 2.05) is 11.3 Å². The van der Waals surface area contributed by atoms with Crippen LogP contribution in [-0.4, -0.2) is 0 Å². The molecule has 0 nitrogen and oxygen atoms in total. The Kier molecular flexibility index (Phi) is 2.89. The Bertz CT molecular complexity index is 701. The number of benzene rings is 1. The summed E-state index contributed by atoms with van der Waals surface area (Å²) in [5.74, 6) is 0.687. The van der Waals surface area contributed by atoms with Crippen LogP contribution in [0.2, 0.25) is 0 Å². The summed E-state index contributed by atoms with van der Waals surface area (Å²) in [4.78, 5) is 3.02. The van der Waals surface area contributed by atoms with Crippen LogP contribution in [0.25, 0.3) is 11.6 Å². The summed E-state index contributed by atoms with van der Waals surface area (Å²) in [5.41, 5.74) is 6.07. The van der Waals surface area contributed by atoms with Crippen molar-refractivity contribution in [2.75, 3.05) is 0 Å². The van der Waals surface area contributed by atoms with Crippen LogP contribution in [0, 0.1) is 5.92 Å². The molecule has 1 aromatic carbocycles. The minimum atomic E-state index is 0.687. The molecule has 1 atom stereocenters. The van der Waals surface area contributed by atoms with Gasteiger partial charge in [-0.3, -0.25) is 0 Å². The van der Waals surface area contributed by atoms with Gasteiger partial charge in [-0.1, -0.05) is 49.4 Å². The molecule has 0 spiro atoms. The molecular formula is C19H18S. The van der Waals surface area contributed by atoms with E-state index in [2.05, 4.69) is 55.5 Å². The number of hydrogen-bond acceptors (Lipinski definition) is 1. The van der Waals surface area contributed by atoms with Crippen LogP contribution in [0.1, 0.15) is 39.8 Å². The van der Waals surface area contributed by atoms with Gasteiger partial charge in [0.15, 0.2) is 0 Å². The molecule has 0 fully saturated rings. The predicted octanol–water partition coefficient (Wildman–Crippen LogP) is 5.33. The molecular weight excluding hydrogens is 260 g/mol. The molecule has 1 heterocycles. The Morgan fingerprint density at radius 1 is 1.10 bits per heavy atom. The number of allylic oxidation sites excluding steroid dienone is 2. The van der Waals surface area contributed by atoms with Crippen LogP contribution in [0.3, 0.4) is 0 Å². The van der Waals surface area contributed by atoms with E-state index < -0.39 is 0 Å². The van der Waals surface area contributed by atoms with Crippen LogP contribution in [0.15, 0.2) is 42.5 Å². The van der Waals surface area contributed by atoms with Crippen LogP contribution in [-0.2, 0) is 12.8 Å². The molecule has 20 heavy (non-hydrogen) atoms. The maximum atomic E-state index is 2.42. The molecule has 100 valence electrons. The van der Waals surface area contributed by atoms with Crippen molar-refractivity contribution in [3.05, 3.63) is 68.9 Å². The first kappa shape index (κ1) is 12.2. The lowest BCUT2D eigenvalue weighted by atomic mass is 9.86. The van der Waals surface area contributed by atoms with Crippen molar-refractivity contribution in [3.63, 3.8) is 0 Å². The van der Waals surface area contributed by atoms with Gasteiger partial charge in [0.2, 0.25) is 0 Å². The van der Waals surface area contributed by atoms with E-state index in [0.29, 0.717) is 5.92 Å². The zero-order valence-electron chi connectivity index (χ0n) is 11.7. The molecule has 0 amide bonds. The highest BCUT2D eigenvalue weighted by molar-refractivity contribution is 7.14. The first-order chi connectivity index (χ1) is 9.83. The summed E-state index contributed by atoms with van der Waals surface area (Å²) in [6.07, 6.45) is 10.7. The normalized spacial score (nSPS) is 20.2. The summed E-state index contributed by atoms with van der Waals surface area (Å²) in [7, 11) is 0. The summed E-state index contributed by atoms with van der Waals surface area (Å²) in [5, 5.41) is 0. The van der Waals surface area contributed by atoms with E-state index in [4.69, 9.17) is 0 Å². The Hall–Kier alpha value is -1.60. The van der Waals surface area contributed by atoms with Crippen LogP contribution in [0.5, 0.6) is 0 Å². The fourth-order valence-corrected chi connectivity index (χ4v) is 4.68. The molecule has 2 aromatic rings. The lowest BCUT2D eigenvalue weighted by molar-refractivity contribution is 0.712. The highest BCUT2D eigenvalue weighted by atomic mass is 32.1. The summed E-state index contributed by atoms with van der Waals surface area (Å²) in [6.45, 7) is 2.32. The molecule has 1 heteroatoms. The molecule has 4 rings (SSSR count). The highest BCUT2D eigenvalue weighted by Crippen LogP contribution is 2.43. The van der Waals surface area contributed by atoms with Gasteiger partial charge in [0.1, 0.15) is 0 Å². The van der Waals surface area contributed by atoms with Gasteiger partial charge in [0.05, 0.1) is 0 Å². The van der Waals surface area contributed by atoms with E-state index in [9.17, 15) is 0 Å². The van der Waals surface area contributed by atoms with E-state index in [1.54, 1.807) is 11.1 Å². The average Bonchev–Trinajstić information content (AvgIpc) is 2.86. The Balaban J connectivity index is 1.85. The van der Waals surface area contributed by atoms with E-state index in [0.717, 1.165) is 0 Å². The monoisotopic (exact) mass is 278 g/mol. The predicted molar refractivity (Wildman–Crippen MR) is 88.1 cm³/mol. The van der Waals surface area contributed by atoms with Crippen molar-refractivity contribution in [3.8, 4) is 0 Å². The van der Waals surface area contributed by atoms with Gasteiger partial charge in [-0.25, -0.2) is 0 Å². The largest absolute Gasteiger partial charge is 0.135 e. The van der Waals surface area contributed by atoms with E-state index in [-0.39, 0.29) is 0 Å². The Morgan fingerprint density at radius 2 is 1.95 bits per heavy atom. The number of rotatable bonds is 1. The molecule has 0 radical (unpaired) electrons. The van der Waals surface area contributed by atoms with Crippen molar-refractivity contribution in [2.45, 2.75) is 26.2 Å². The maximum absolute atomic E-state index is 2.42. The Morgan fingerprint density at radius 3 is 2.80 bits per heavy atom. The van der Waals surface area contributed by atoms with Crippen molar-refractivity contribution < 1.29 is 0 Å². The molecule has 2 aliphatic carbocycles. The zero-order valence-corrected chi connectivity index (χ0v) is 12.5. The van der Waals surface area contributed by atoms with E-state index in [1.165, 1.54) is 40.2 Å². The lowest BCUT2D eigenvalue weighted by Crippen LogP contribution is -2.05. The number of hydrogen-bond donors (Lipinski definition) is 0. The molecule has 0 saturated heterocycles. The molecule has 0 aliphatic heterocycles. The third-order valence-corrected chi connectivity index (χ3v) is 5.60. The van der Waals surface area contributed by atoms with Crippen LogP contribution >= 0.6 is 11.3 Å². The topological polar surface area (TPSA) is 0 Å². The van der Waals surface area contributed by atoms with Crippen LogP contribution in [0.4, 0.5) is 0 Å². The minimum absolute atomic E-state index is 0.687. The molecule has 1 unspecified atom stereocenters.